The van der Waals surface area contributed by atoms with Gasteiger partial charge in [0, 0.05) is 27.5 Å². The van der Waals surface area contributed by atoms with Gasteiger partial charge in [0.2, 0.25) is 0 Å². The molecule has 0 spiro atoms. The van der Waals surface area contributed by atoms with Gasteiger partial charge in [0.05, 0.1) is 16.5 Å². The maximum Gasteiger partial charge on any atom is 0.137 e. The first-order chi connectivity index (χ1) is 33.7. The lowest BCUT2D eigenvalue weighted by molar-refractivity contribution is 0.668. The second kappa shape index (κ2) is 15.1. The summed E-state index contributed by atoms with van der Waals surface area (Å²) in [6.07, 6.45) is 0. The van der Waals surface area contributed by atoms with Crippen LogP contribution in [0.3, 0.4) is 0 Å². The summed E-state index contributed by atoms with van der Waals surface area (Å²) in [7, 11) is 0. The molecular formula is C65H41NO2. The molecule has 0 N–H and O–H groups in total. The minimum Gasteiger partial charge on any atom is -0.456 e. The number of furan rings is 2. The van der Waals surface area contributed by atoms with E-state index in [4.69, 9.17) is 8.83 Å². The van der Waals surface area contributed by atoms with E-state index < -0.39 is 5.41 Å². The Balaban J connectivity index is 1.07. The fraction of sp³-hybridized carbons (Fsp3) is 0.0154. The Morgan fingerprint density at radius 3 is 1.69 bits per heavy atom. The van der Waals surface area contributed by atoms with Gasteiger partial charge in [0.1, 0.15) is 22.3 Å². The summed E-state index contributed by atoms with van der Waals surface area (Å²) in [5.74, 6) is 0. The van der Waals surface area contributed by atoms with Crippen LogP contribution in [0.15, 0.2) is 258 Å². The summed E-state index contributed by atoms with van der Waals surface area (Å²) < 4.78 is 13.2. The molecule has 0 aliphatic heterocycles. The normalized spacial score (nSPS) is 14.2. The topological polar surface area (TPSA) is 29.5 Å². The van der Waals surface area contributed by atoms with Crippen LogP contribution in [0.5, 0.6) is 0 Å². The van der Waals surface area contributed by atoms with Crippen LogP contribution in [0.4, 0.5) is 17.1 Å². The Morgan fingerprint density at radius 1 is 0.324 bits per heavy atom. The maximum absolute atomic E-state index is 6.63. The molecule has 0 amide bonds. The van der Waals surface area contributed by atoms with Crippen LogP contribution in [0, 0.1) is 0 Å². The summed E-state index contributed by atoms with van der Waals surface area (Å²) in [6.45, 7) is 0. The molecule has 13 aromatic rings. The van der Waals surface area contributed by atoms with Crippen molar-refractivity contribution in [3.8, 4) is 33.4 Å². The van der Waals surface area contributed by atoms with E-state index >= 15 is 0 Å². The van der Waals surface area contributed by atoms with Gasteiger partial charge < -0.3 is 13.7 Å². The number of rotatable bonds is 7. The summed E-state index contributed by atoms with van der Waals surface area (Å²) in [5.41, 5.74) is 18.0. The Morgan fingerprint density at radius 2 is 0.897 bits per heavy atom. The van der Waals surface area contributed by atoms with E-state index in [-0.39, 0.29) is 0 Å². The average Bonchev–Trinajstić information content (AvgIpc) is 4.07. The van der Waals surface area contributed by atoms with Gasteiger partial charge >= 0.3 is 0 Å². The van der Waals surface area contributed by atoms with Crippen LogP contribution in [-0.2, 0) is 5.41 Å². The highest BCUT2D eigenvalue weighted by molar-refractivity contribution is 6.16. The zero-order chi connectivity index (χ0) is 44.8. The molecule has 0 radical (unpaired) electrons. The smallest absolute Gasteiger partial charge is 0.137 e. The predicted molar refractivity (Wildman–Crippen MR) is 281 cm³/mol. The Labute approximate surface area is 393 Å². The third-order valence-corrected chi connectivity index (χ3v) is 14.3. The number of hydrogen-bond acceptors (Lipinski definition) is 3. The summed E-state index contributed by atoms with van der Waals surface area (Å²) in [6, 6.07) is 90.3. The molecule has 2 aromatic heterocycles. The molecule has 1 atom stereocenters. The first-order valence-corrected chi connectivity index (χ1v) is 23.3. The number of hydrogen-bond donors (Lipinski definition) is 0. The Hall–Kier alpha value is -8.92. The largest absolute Gasteiger partial charge is 0.456 e. The van der Waals surface area contributed by atoms with Gasteiger partial charge in [0.15, 0.2) is 0 Å². The molecule has 1 unspecified atom stereocenters. The van der Waals surface area contributed by atoms with E-state index in [1.165, 1.54) is 55.3 Å². The first kappa shape index (κ1) is 38.4. The van der Waals surface area contributed by atoms with E-state index in [0.717, 1.165) is 72.1 Å². The van der Waals surface area contributed by atoms with Gasteiger partial charge in [0.25, 0.3) is 0 Å². The molecule has 2 heterocycles. The van der Waals surface area contributed by atoms with Gasteiger partial charge in [-0.15, -0.1) is 0 Å². The van der Waals surface area contributed by atoms with Crippen molar-refractivity contribution in [2.45, 2.75) is 5.41 Å². The Kier molecular flexibility index (Phi) is 8.50. The van der Waals surface area contributed by atoms with Crippen molar-refractivity contribution in [3.05, 3.63) is 271 Å². The standard InChI is InChI=1S/C65H41NO2/c1-4-18-42(19-5-1)50-29-15-31-55-62(50)53-38-44-22-10-11-23-45(44)39-56(53)65(55,46-24-8-3-9-25-46)47-26-14-27-48(40-47)66(57-32-17-35-61-64(57)52-28-12-13-33-58(52)67-61)49-36-37-59-54(41-49)63-51(30-16-34-60(63)68-59)43-20-6-2-7-21-43/h1-41H. The number of anilines is 3. The molecule has 0 bridgehead atoms. The third kappa shape index (κ3) is 5.66. The van der Waals surface area contributed by atoms with E-state index in [2.05, 4.69) is 248 Å². The third-order valence-electron chi connectivity index (χ3n) is 14.3. The molecule has 3 heteroatoms. The number of nitrogens with zero attached hydrogens (tertiary/aromatic N) is 1. The van der Waals surface area contributed by atoms with Crippen LogP contribution in [0.1, 0.15) is 22.3 Å². The van der Waals surface area contributed by atoms with Gasteiger partial charge in [-0.05, 0) is 133 Å². The van der Waals surface area contributed by atoms with Crippen molar-refractivity contribution in [2.24, 2.45) is 0 Å². The fourth-order valence-electron chi connectivity index (χ4n) is 11.5. The monoisotopic (exact) mass is 867 g/mol. The van der Waals surface area contributed by atoms with Crippen LogP contribution < -0.4 is 4.90 Å². The summed E-state index contributed by atoms with van der Waals surface area (Å²) >= 11 is 0. The van der Waals surface area contributed by atoms with Crippen molar-refractivity contribution < 1.29 is 8.83 Å². The second-order valence-corrected chi connectivity index (χ2v) is 17.9. The molecule has 318 valence electrons. The molecule has 1 aliphatic carbocycles. The fourth-order valence-corrected chi connectivity index (χ4v) is 11.5. The van der Waals surface area contributed by atoms with Gasteiger partial charge in [-0.2, -0.15) is 0 Å². The molecule has 68 heavy (non-hydrogen) atoms. The van der Waals surface area contributed by atoms with Crippen LogP contribution >= 0.6 is 0 Å². The molecule has 14 rings (SSSR count). The lowest BCUT2D eigenvalue weighted by Gasteiger charge is -2.35. The van der Waals surface area contributed by atoms with Crippen molar-refractivity contribution in [2.75, 3.05) is 4.90 Å². The number of para-hydroxylation sites is 1. The number of fused-ring (bicyclic) bond motifs is 10. The quantitative estimate of drug-likeness (QED) is 0.160. The Bertz CT molecular complexity index is 4090. The second-order valence-electron chi connectivity index (χ2n) is 17.9. The zero-order valence-electron chi connectivity index (χ0n) is 36.9. The van der Waals surface area contributed by atoms with Crippen molar-refractivity contribution >= 4 is 71.7 Å². The number of benzene rings is 11. The van der Waals surface area contributed by atoms with Crippen LogP contribution in [0.2, 0.25) is 0 Å². The minimum absolute atomic E-state index is 0.675. The molecular weight excluding hydrogens is 827 g/mol. The molecule has 0 fully saturated rings. The van der Waals surface area contributed by atoms with E-state index in [9.17, 15) is 0 Å². The molecule has 0 saturated carbocycles. The maximum atomic E-state index is 6.63. The summed E-state index contributed by atoms with van der Waals surface area (Å²) in [5, 5.41) is 6.72. The van der Waals surface area contributed by atoms with Crippen LogP contribution in [0.25, 0.3) is 88.0 Å². The minimum atomic E-state index is -0.675. The van der Waals surface area contributed by atoms with Gasteiger partial charge in [-0.3, -0.25) is 0 Å². The van der Waals surface area contributed by atoms with Crippen molar-refractivity contribution in [1.29, 1.82) is 0 Å². The zero-order valence-corrected chi connectivity index (χ0v) is 36.9. The molecule has 11 aromatic carbocycles. The highest BCUT2D eigenvalue weighted by Crippen LogP contribution is 2.60. The lowest BCUT2D eigenvalue weighted by Crippen LogP contribution is -2.29. The van der Waals surface area contributed by atoms with Gasteiger partial charge in [-0.1, -0.05) is 182 Å². The molecule has 0 saturated heterocycles. The average molecular weight is 868 g/mol. The van der Waals surface area contributed by atoms with Crippen molar-refractivity contribution in [1.82, 2.24) is 0 Å². The van der Waals surface area contributed by atoms with E-state index in [1.807, 2.05) is 6.07 Å². The SMILES string of the molecule is c1ccc(-c2cccc3c2-c2cc4ccccc4cc2C3(c2ccccc2)c2cccc(N(c3ccc4oc5cccc(-c6ccccc6)c5c4c3)c3cccc4oc5ccccc5c34)c2)cc1. The van der Waals surface area contributed by atoms with Gasteiger partial charge in [-0.25, -0.2) is 0 Å². The summed E-state index contributed by atoms with van der Waals surface area (Å²) in [4.78, 5) is 2.42. The molecule has 3 nitrogen and oxygen atoms in total. The highest BCUT2D eigenvalue weighted by Gasteiger charge is 2.47. The van der Waals surface area contributed by atoms with E-state index in [0.29, 0.717) is 0 Å². The molecule has 1 aliphatic rings. The highest BCUT2D eigenvalue weighted by atomic mass is 16.3. The predicted octanol–water partition coefficient (Wildman–Crippen LogP) is 17.8. The van der Waals surface area contributed by atoms with E-state index in [1.54, 1.807) is 0 Å². The lowest BCUT2D eigenvalue weighted by atomic mass is 9.67. The first-order valence-electron chi connectivity index (χ1n) is 23.3. The van der Waals surface area contributed by atoms with Crippen LogP contribution in [-0.4, -0.2) is 0 Å². The van der Waals surface area contributed by atoms with Crippen molar-refractivity contribution in [3.63, 3.8) is 0 Å².